The van der Waals surface area contributed by atoms with Crippen molar-refractivity contribution in [3.63, 3.8) is 0 Å². The highest BCUT2D eigenvalue weighted by atomic mass is 15.1. The van der Waals surface area contributed by atoms with Crippen molar-refractivity contribution in [3.05, 3.63) is 24.3 Å². The monoisotopic (exact) mass is 223 g/mol. The van der Waals surface area contributed by atoms with E-state index in [-0.39, 0.29) is 0 Å². The molecule has 0 bridgehead atoms. The first-order valence-electron chi connectivity index (χ1n) is 6.70. The molecule has 0 aromatic heterocycles. The predicted octanol–water partition coefficient (Wildman–Crippen LogP) is 4.12. The van der Waals surface area contributed by atoms with Crippen molar-refractivity contribution in [2.24, 2.45) is 11.8 Å². The minimum Gasteiger partial charge on any atom is -0.306 e. The van der Waals surface area contributed by atoms with Gasteiger partial charge in [-0.25, -0.2) is 0 Å². The van der Waals surface area contributed by atoms with Crippen molar-refractivity contribution in [1.82, 2.24) is 4.90 Å². The van der Waals surface area contributed by atoms with E-state index in [1.165, 1.54) is 25.9 Å². The first-order valence-corrected chi connectivity index (χ1v) is 6.70. The van der Waals surface area contributed by atoms with E-state index < -0.39 is 0 Å². The smallest absolute Gasteiger partial charge is 0.000445 e. The van der Waals surface area contributed by atoms with Crippen LogP contribution in [0.25, 0.3) is 0 Å². The van der Waals surface area contributed by atoms with Crippen LogP contribution in [0.2, 0.25) is 0 Å². The molecule has 2 rings (SSSR count). The van der Waals surface area contributed by atoms with E-state index in [1.807, 2.05) is 13.8 Å². The Morgan fingerprint density at radius 2 is 1.81 bits per heavy atom. The average Bonchev–Trinajstić information content (AvgIpc) is 2.67. The number of rotatable bonds is 0. The highest BCUT2D eigenvalue weighted by molar-refractivity contribution is 5.09. The van der Waals surface area contributed by atoms with Crippen LogP contribution in [0, 0.1) is 11.8 Å². The van der Waals surface area contributed by atoms with E-state index in [1.54, 1.807) is 0 Å². The summed E-state index contributed by atoms with van der Waals surface area (Å²) < 4.78 is 0. The SMILES string of the molecule is CC.CC1C=CC=CC1.C[C@H]1CCN(C)C1. The molecular formula is C15H29N. The molecule has 0 aromatic carbocycles. The maximum atomic E-state index is 2.38. The van der Waals surface area contributed by atoms with Crippen molar-refractivity contribution in [2.45, 2.75) is 40.5 Å². The standard InChI is InChI=1S/C7H10.C6H13N.C2H6/c1-7-5-3-2-4-6-7;1-6-3-4-7(2)5-6;1-2/h2-5,7H,6H2,1H3;6H,3-5H2,1-2H3;1-2H3/t;6-;/m.0./s1. The summed E-state index contributed by atoms with van der Waals surface area (Å²) in [4.78, 5) is 2.38. The van der Waals surface area contributed by atoms with E-state index in [0.29, 0.717) is 0 Å². The summed E-state index contributed by atoms with van der Waals surface area (Å²) in [5.74, 6) is 1.72. The zero-order chi connectivity index (χ0) is 12.4. The molecule has 1 aliphatic heterocycles. The van der Waals surface area contributed by atoms with Crippen molar-refractivity contribution in [1.29, 1.82) is 0 Å². The zero-order valence-electron chi connectivity index (χ0n) is 11.7. The molecule has 0 saturated carbocycles. The van der Waals surface area contributed by atoms with Crippen LogP contribution in [0.1, 0.15) is 40.5 Å². The number of allylic oxidation sites excluding steroid dienone is 4. The molecule has 1 aliphatic carbocycles. The molecule has 1 saturated heterocycles. The van der Waals surface area contributed by atoms with Crippen LogP contribution < -0.4 is 0 Å². The van der Waals surface area contributed by atoms with E-state index >= 15 is 0 Å². The molecule has 1 unspecified atom stereocenters. The van der Waals surface area contributed by atoms with Crippen LogP contribution in [-0.2, 0) is 0 Å². The van der Waals surface area contributed by atoms with Gasteiger partial charge in [-0.15, -0.1) is 0 Å². The predicted molar refractivity (Wildman–Crippen MR) is 74.7 cm³/mol. The van der Waals surface area contributed by atoms with Crippen molar-refractivity contribution in [2.75, 3.05) is 20.1 Å². The molecule has 16 heavy (non-hydrogen) atoms. The van der Waals surface area contributed by atoms with Crippen LogP contribution in [0.15, 0.2) is 24.3 Å². The van der Waals surface area contributed by atoms with E-state index in [9.17, 15) is 0 Å². The third-order valence-electron chi connectivity index (χ3n) is 2.82. The van der Waals surface area contributed by atoms with Gasteiger partial charge >= 0.3 is 0 Å². The first kappa shape index (κ1) is 15.4. The quantitative estimate of drug-likeness (QED) is 0.597. The van der Waals surface area contributed by atoms with E-state index in [2.05, 4.69) is 50.1 Å². The second-order valence-electron chi connectivity index (χ2n) is 4.68. The van der Waals surface area contributed by atoms with Gasteiger partial charge < -0.3 is 4.90 Å². The number of nitrogens with zero attached hydrogens (tertiary/aromatic N) is 1. The fraction of sp³-hybridized carbons (Fsp3) is 0.733. The van der Waals surface area contributed by atoms with Crippen LogP contribution in [0.5, 0.6) is 0 Å². The summed E-state index contributed by atoms with van der Waals surface area (Å²) >= 11 is 0. The fourth-order valence-electron chi connectivity index (χ4n) is 1.86. The van der Waals surface area contributed by atoms with Crippen LogP contribution >= 0.6 is 0 Å². The molecule has 1 nitrogen and oxygen atoms in total. The van der Waals surface area contributed by atoms with Crippen LogP contribution in [0.3, 0.4) is 0 Å². The minimum atomic E-state index is 0.769. The molecule has 2 aliphatic rings. The summed E-state index contributed by atoms with van der Waals surface area (Å²) in [5, 5.41) is 0. The highest BCUT2D eigenvalue weighted by Crippen LogP contribution is 2.11. The van der Waals surface area contributed by atoms with Gasteiger partial charge in [0.05, 0.1) is 0 Å². The molecule has 0 radical (unpaired) electrons. The Morgan fingerprint density at radius 3 is 2.00 bits per heavy atom. The lowest BCUT2D eigenvalue weighted by molar-refractivity contribution is 0.402. The molecule has 0 amide bonds. The van der Waals surface area contributed by atoms with Crippen molar-refractivity contribution < 1.29 is 0 Å². The van der Waals surface area contributed by atoms with Crippen LogP contribution in [-0.4, -0.2) is 25.0 Å². The second-order valence-corrected chi connectivity index (χ2v) is 4.68. The summed E-state index contributed by atoms with van der Waals surface area (Å²) in [5.41, 5.74) is 0. The van der Waals surface area contributed by atoms with Gasteiger partial charge in [0, 0.05) is 6.54 Å². The van der Waals surface area contributed by atoms with Crippen molar-refractivity contribution in [3.8, 4) is 0 Å². The Hall–Kier alpha value is -0.560. The summed E-state index contributed by atoms with van der Waals surface area (Å²) in [6, 6.07) is 0. The molecule has 1 heterocycles. The van der Waals surface area contributed by atoms with Gasteiger partial charge in [-0.2, -0.15) is 0 Å². The summed E-state index contributed by atoms with van der Waals surface area (Å²) in [7, 11) is 2.18. The lowest BCUT2D eigenvalue weighted by atomic mass is 10.0. The Bertz CT molecular complexity index is 197. The molecule has 0 spiro atoms. The molecule has 94 valence electrons. The maximum absolute atomic E-state index is 2.38. The normalized spacial score (nSPS) is 27.8. The summed E-state index contributed by atoms with van der Waals surface area (Å²) in [6.45, 7) is 11.1. The number of hydrogen-bond acceptors (Lipinski definition) is 1. The highest BCUT2D eigenvalue weighted by Gasteiger charge is 2.13. The van der Waals surface area contributed by atoms with Crippen molar-refractivity contribution >= 4 is 0 Å². The molecule has 0 aromatic rings. The largest absolute Gasteiger partial charge is 0.306 e. The first-order chi connectivity index (χ1) is 7.68. The topological polar surface area (TPSA) is 3.24 Å². The Labute approximate surface area is 102 Å². The van der Waals surface area contributed by atoms with Gasteiger partial charge in [-0.05, 0) is 38.3 Å². The van der Waals surface area contributed by atoms with Crippen LogP contribution in [0.4, 0.5) is 0 Å². The van der Waals surface area contributed by atoms with E-state index in [4.69, 9.17) is 0 Å². The molecular weight excluding hydrogens is 194 g/mol. The third-order valence-corrected chi connectivity index (χ3v) is 2.82. The van der Waals surface area contributed by atoms with Gasteiger partial charge in [-0.1, -0.05) is 52.0 Å². The van der Waals surface area contributed by atoms with Gasteiger partial charge in [-0.3, -0.25) is 0 Å². The third kappa shape index (κ3) is 7.70. The Morgan fingerprint density at radius 1 is 1.12 bits per heavy atom. The fourth-order valence-corrected chi connectivity index (χ4v) is 1.86. The van der Waals surface area contributed by atoms with E-state index in [0.717, 1.165) is 11.8 Å². The van der Waals surface area contributed by atoms with Gasteiger partial charge in [0.15, 0.2) is 0 Å². The summed E-state index contributed by atoms with van der Waals surface area (Å²) in [6.07, 6.45) is 11.2. The lowest BCUT2D eigenvalue weighted by Gasteiger charge is -2.03. The Balaban J connectivity index is 0.000000244. The van der Waals surface area contributed by atoms with Gasteiger partial charge in [0.25, 0.3) is 0 Å². The minimum absolute atomic E-state index is 0.769. The van der Waals surface area contributed by atoms with Gasteiger partial charge in [0.1, 0.15) is 0 Å². The number of likely N-dealkylation sites (tertiary alicyclic amines) is 1. The molecule has 2 atom stereocenters. The average molecular weight is 223 g/mol. The number of hydrogen-bond donors (Lipinski definition) is 0. The molecule has 1 heteroatoms. The second kappa shape index (κ2) is 9.65. The molecule has 0 N–H and O–H groups in total. The Kier molecular flexibility index (Phi) is 9.31. The van der Waals surface area contributed by atoms with Gasteiger partial charge in [0.2, 0.25) is 0 Å². The molecule has 1 fully saturated rings. The lowest BCUT2D eigenvalue weighted by Crippen LogP contribution is -2.12. The maximum Gasteiger partial charge on any atom is 0.000445 e. The zero-order valence-corrected chi connectivity index (χ0v) is 11.7.